The number of rotatable bonds is 4. The normalized spacial score (nSPS) is 51.7. The summed E-state index contributed by atoms with van der Waals surface area (Å²) in [5.41, 5.74) is 0. The van der Waals surface area contributed by atoms with Gasteiger partial charge in [-0.1, -0.05) is 0 Å². The molecule has 2 fully saturated rings. The first-order chi connectivity index (χ1) is 10.8. The van der Waals surface area contributed by atoms with Gasteiger partial charge in [-0.3, -0.25) is 0 Å². The third kappa shape index (κ3) is 3.65. The SMILES string of the molecule is OCC1OC(O)C(O)C(O)C1OC1OC(CO)[C@@H](O)[C@H](O)C1O. The van der Waals surface area contributed by atoms with E-state index in [1.807, 2.05) is 0 Å². The van der Waals surface area contributed by atoms with Gasteiger partial charge in [0.1, 0.15) is 48.8 Å². The van der Waals surface area contributed by atoms with E-state index >= 15 is 0 Å². The largest absolute Gasteiger partial charge is 0.394 e. The van der Waals surface area contributed by atoms with Crippen molar-refractivity contribution in [3.63, 3.8) is 0 Å². The van der Waals surface area contributed by atoms with E-state index in [-0.39, 0.29) is 0 Å². The second kappa shape index (κ2) is 7.63. The highest BCUT2D eigenvalue weighted by Crippen LogP contribution is 2.28. The molecule has 10 atom stereocenters. The van der Waals surface area contributed by atoms with Gasteiger partial charge in [-0.05, 0) is 0 Å². The zero-order valence-electron chi connectivity index (χ0n) is 12.0. The molecule has 2 saturated heterocycles. The molecule has 8 unspecified atom stereocenters. The predicted octanol–water partition coefficient (Wildman–Crippen LogP) is -5.40. The summed E-state index contributed by atoms with van der Waals surface area (Å²) >= 11 is 0. The Labute approximate surface area is 130 Å². The van der Waals surface area contributed by atoms with E-state index in [2.05, 4.69) is 0 Å². The van der Waals surface area contributed by atoms with Gasteiger partial charge < -0.3 is 55.1 Å². The fourth-order valence-electron chi connectivity index (χ4n) is 2.57. The van der Waals surface area contributed by atoms with Gasteiger partial charge in [-0.25, -0.2) is 0 Å². The van der Waals surface area contributed by atoms with Crippen LogP contribution in [0.4, 0.5) is 0 Å². The van der Waals surface area contributed by atoms with Crippen LogP contribution in [0.25, 0.3) is 0 Å². The maximum atomic E-state index is 9.94. The highest BCUT2D eigenvalue weighted by Gasteiger charge is 2.50. The molecule has 0 amide bonds. The summed E-state index contributed by atoms with van der Waals surface area (Å²) < 4.78 is 15.3. The van der Waals surface area contributed by atoms with E-state index in [1.54, 1.807) is 0 Å². The molecule has 23 heavy (non-hydrogen) atoms. The molecule has 2 rings (SSSR count). The Bertz CT molecular complexity index is 378. The maximum Gasteiger partial charge on any atom is 0.187 e. The first-order valence-electron chi connectivity index (χ1n) is 7.08. The molecule has 2 heterocycles. The summed E-state index contributed by atoms with van der Waals surface area (Å²) in [7, 11) is 0. The first-order valence-corrected chi connectivity index (χ1v) is 7.08. The number of ether oxygens (including phenoxy) is 3. The Morgan fingerprint density at radius 1 is 0.652 bits per heavy atom. The summed E-state index contributed by atoms with van der Waals surface area (Å²) in [5, 5.41) is 76.5. The summed E-state index contributed by atoms with van der Waals surface area (Å²) in [6.07, 6.45) is -15.6. The van der Waals surface area contributed by atoms with Gasteiger partial charge in [0.15, 0.2) is 12.6 Å². The molecule has 8 N–H and O–H groups in total. The number of hydrogen-bond donors (Lipinski definition) is 8. The predicted molar refractivity (Wildman–Crippen MR) is 68.6 cm³/mol. The molecule has 0 aromatic carbocycles. The molecule has 2 aliphatic heterocycles. The molecule has 0 spiro atoms. The van der Waals surface area contributed by atoms with E-state index in [0.717, 1.165) is 0 Å². The molecular formula is C12H22O11. The van der Waals surface area contributed by atoms with Crippen molar-refractivity contribution in [3.05, 3.63) is 0 Å². The molecule has 0 aromatic rings. The smallest absolute Gasteiger partial charge is 0.187 e. The highest BCUT2D eigenvalue weighted by molar-refractivity contribution is 4.93. The monoisotopic (exact) mass is 342 g/mol. The van der Waals surface area contributed by atoms with Crippen molar-refractivity contribution in [2.45, 2.75) is 61.4 Å². The summed E-state index contributed by atoms with van der Waals surface area (Å²) in [6.45, 7) is -1.35. The average molecular weight is 342 g/mol. The molecule has 0 bridgehead atoms. The van der Waals surface area contributed by atoms with Gasteiger partial charge in [0.2, 0.25) is 0 Å². The molecule has 11 heteroatoms. The van der Waals surface area contributed by atoms with Crippen LogP contribution in [-0.2, 0) is 14.2 Å². The van der Waals surface area contributed by atoms with Crippen LogP contribution in [0.3, 0.4) is 0 Å². The third-order valence-corrected chi connectivity index (χ3v) is 3.98. The van der Waals surface area contributed by atoms with Gasteiger partial charge >= 0.3 is 0 Å². The lowest BCUT2D eigenvalue weighted by Gasteiger charge is -2.45. The zero-order chi connectivity index (χ0) is 17.3. The van der Waals surface area contributed by atoms with Crippen molar-refractivity contribution >= 4 is 0 Å². The van der Waals surface area contributed by atoms with Crippen molar-refractivity contribution in [2.24, 2.45) is 0 Å². The zero-order valence-corrected chi connectivity index (χ0v) is 12.0. The van der Waals surface area contributed by atoms with Crippen molar-refractivity contribution in [2.75, 3.05) is 13.2 Å². The van der Waals surface area contributed by atoms with Crippen molar-refractivity contribution in [1.82, 2.24) is 0 Å². The van der Waals surface area contributed by atoms with E-state index in [4.69, 9.17) is 19.3 Å². The lowest BCUT2D eigenvalue weighted by Crippen LogP contribution is -2.64. The Hall–Kier alpha value is -0.440. The van der Waals surface area contributed by atoms with Crippen LogP contribution in [0.15, 0.2) is 0 Å². The van der Waals surface area contributed by atoms with Crippen LogP contribution in [0, 0.1) is 0 Å². The van der Waals surface area contributed by atoms with Crippen LogP contribution in [0.5, 0.6) is 0 Å². The Morgan fingerprint density at radius 3 is 1.83 bits per heavy atom. The fourth-order valence-corrected chi connectivity index (χ4v) is 2.57. The summed E-state index contributed by atoms with van der Waals surface area (Å²) in [5.74, 6) is 0. The van der Waals surface area contributed by atoms with E-state index in [9.17, 15) is 35.7 Å². The van der Waals surface area contributed by atoms with Gasteiger partial charge in [0, 0.05) is 0 Å². The lowest BCUT2D eigenvalue weighted by molar-refractivity contribution is -0.355. The quantitative estimate of drug-likeness (QED) is 0.243. The van der Waals surface area contributed by atoms with Crippen molar-refractivity contribution in [1.29, 1.82) is 0 Å². The molecule has 11 nitrogen and oxygen atoms in total. The number of aliphatic hydroxyl groups excluding tert-OH is 8. The molecule has 0 radical (unpaired) electrons. The minimum atomic E-state index is -1.74. The van der Waals surface area contributed by atoms with E-state index < -0.39 is 74.6 Å². The van der Waals surface area contributed by atoms with Crippen LogP contribution in [0.1, 0.15) is 0 Å². The second-order valence-electron chi connectivity index (χ2n) is 5.53. The summed E-state index contributed by atoms with van der Waals surface area (Å²) in [6, 6.07) is 0. The average Bonchev–Trinajstić information content (AvgIpc) is 2.55. The van der Waals surface area contributed by atoms with Crippen molar-refractivity contribution in [3.8, 4) is 0 Å². The van der Waals surface area contributed by atoms with Gasteiger partial charge in [-0.15, -0.1) is 0 Å². The Balaban J connectivity index is 2.11. The van der Waals surface area contributed by atoms with Crippen LogP contribution < -0.4 is 0 Å². The van der Waals surface area contributed by atoms with Crippen LogP contribution in [0.2, 0.25) is 0 Å². The van der Waals surface area contributed by atoms with E-state index in [0.29, 0.717) is 0 Å². The molecule has 0 saturated carbocycles. The topological polar surface area (TPSA) is 190 Å². The van der Waals surface area contributed by atoms with Gasteiger partial charge in [0.25, 0.3) is 0 Å². The van der Waals surface area contributed by atoms with E-state index in [1.165, 1.54) is 0 Å². The van der Waals surface area contributed by atoms with Crippen molar-refractivity contribution < 1.29 is 55.1 Å². The molecular weight excluding hydrogens is 320 g/mol. The Kier molecular flexibility index (Phi) is 6.27. The third-order valence-electron chi connectivity index (χ3n) is 3.98. The molecule has 0 aliphatic carbocycles. The standard InChI is InChI=1S/C12H22O11/c13-1-3-5(15)6(16)9(19)12(22-3)23-10-4(2-14)21-11(20)8(18)7(10)17/h3-20H,1-2H2/t3?,4?,5-,6+,7?,8?,9?,10?,11?,12?/m1/s1. The van der Waals surface area contributed by atoms with Crippen LogP contribution in [-0.4, -0.2) is 115 Å². The molecule has 2 aliphatic rings. The first kappa shape index (κ1) is 18.9. The molecule has 136 valence electrons. The number of hydrogen-bond acceptors (Lipinski definition) is 11. The minimum Gasteiger partial charge on any atom is -0.394 e. The Morgan fingerprint density at radius 2 is 1.26 bits per heavy atom. The number of aliphatic hydroxyl groups is 8. The maximum absolute atomic E-state index is 9.94. The summed E-state index contributed by atoms with van der Waals surface area (Å²) in [4.78, 5) is 0. The lowest BCUT2D eigenvalue weighted by atomic mass is 9.97. The van der Waals surface area contributed by atoms with Gasteiger partial charge in [0.05, 0.1) is 13.2 Å². The highest BCUT2D eigenvalue weighted by atomic mass is 16.7. The van der Waals surface area contributed by atoms with Gasteiger partial charge in [-0.2, -0.15) is 0 Å². The van der Waals surface area contributed by atoms with Crippen LogP contribution >= 0.6 is 0 Å². The second-order valence-corrected chi connectivity index (χ2v) is 5.53. The minimum absolute atomic E-state index is 0.667. The molecule has 0 aromatic heterocycles. The fraction of sp³-hybridized carbons (Fsp3) is 1.00.